The first-order valence-corrected chi connectivity index (χ1v) is 19.8. The number of rotatable bonds is 31. The Hall–Kier alpha value is -3.95. The lowest BCUT2D eigenvalue weighted by atomic mass is 10.0. The number of anilines is 1. The van der Waals surface area contributed by atoms with Gasteiger partial charge >= 0.3 is 6.03 Å². The Morgan fingerprint density at radius 1 is 0.724 bits per heavy atom. The number of piperidine rings is 1. The SMILES string of the molecule is NCCOCCOCCOCCOCCOCCOCCOCCOCCOc1cc(Cl)cc(NC(=O)NCc2ccc3c(c2)CN(C2CCC(=O)NC2=O)C3=O)c1. The lowest BCUT2D eigenvalue weighted by molar-refractivity contribution is -0.136. The zero-order valence-corrected chi connectivity index (χ0v) is 33.6. The molecule has 2 aromatic rings. The molecule has 0 aliphatic carbocycles. The highest BCUT2D eigenvalue weighted by atomic mass is 35.5. The number of nitrogens with two attached hydrogens (primary N) is 1. The summed E-state index contributed by atoms with van der Waals surface area (Å²) >= 11 is 6.26. The minimum Gasteiger partial charge on any atom is -0.491 e. The van der Waals surface area contributed by atoms with Crippen LogP contribution in [0.15, 0.2) is 36.4 Å². The van der Waals surface area contributed by atoms with Crippen molar-refractivity contribution in [3.05, 3.63) is 58.1 Å². The average Bonchev–Trinajstić information content (AvgIpc) is 3.52. The van der Waals surface area contributed by atoms with Gasteiger partial charge in [0.2, 0.25) is 11.8 Å². The number of nitrogens with zero attached hydrogens (tertiary/aromatic N) is 1. The number of fused-ring (bicyclic) bond motifs is 1. The average molecular weight is 838 g/mol. The van der Waals surface area contributed by atoms with Crippen molar-refractivity contribution in [3.63, 3.8) is 0 Å². The van der Waals surface area contributed by atoms with E-state index in [9.17, 15) is 19.2 Å². The predicted octanol–water partition coefficient (Wildman–Crippen LogP) is 1.89. The van der Waals surface area contributed by atoms with Crippen molar-refractivity contribution in [3.8, 4) is 5.75 Å². The number of carbonyl (C=O) groups excluding carboxylic acids is 4. The molecule has 58 heavy (non-hydrogen) atoms. The lowest BCUT2D eigenvalue weighted by Gasteiger charge is -2.29. The smallest absolute Gasteiger partial charge is 0.319 e. The molecule has 19 heteroatoms. The fourth-order valence-electron chi connectivity index (χ4n) is 5.76. The fraction of sp³-hybridized carbons (Fsp3) is 0.590. The summed E-state index contributed by atoms with van der Waals surface area (Å²) in [6.07, 6.45) is 0.476. The van der Waals surface area contributed by atoms with Gasteiger partial charge in [0.05, 0.1) is 106 Å². The van der Waals surface area contributed by atoms with Gasteiger partial charge in [-0.1, -0.05) is 23.7 Å². The third kappa shape index (κ3) is 17.9. The zero-order chi connectivity index (χ0) is 41.2. The number of carbonyl (C=O) groups is 4. The molecule has 18 nitrogen and oxygen atoms in total. The number of hydrogen-bond donors (Lipinski definition) is 4. The van der Waals surface area contributed by atoms with Crippen LogP contribution in [0.1, 0.15) is 34.3 Å². The minimum atomic E-state index is -0.690. The Labute approximate surface area is 343 Å². The largest absolute Gasteiger partial charge is 0.491 e. The second kappa shape index (κ2) is 27.7. The van der Waals surface area contributed by atoms with Crippen LogP contribution >= 0.6 is 11.6 Å². The summed E-state index contributed by atoms with van der Waals surface area (Å²) in [5.74, 6) is -0.591. The van der Waals surface area contributed by atoms with Crippen molar-refractivity contribution in [2.45, 2.75) is 32.0 Å². The van der Waals surface area contributed by atoms with Gasteiger partial charge in [-0.05, 0) is 35.7 Å². The van der Waals surface area contributed by atoms with E-state index in [1.54, 1.807) is 30.3 Å². The maximum absolute atomic E-state index is 12.9. The molecule has 1 atom stereocenters. The van der Waals surface area contributed by atoms with E-state index in [0.717, 1.165) is 11.1 Å². The molecule has 0 bridgehead atoms. The summed E-state index contributed by atoms with van der Waals surface area (Å²) < 4.78 is 49.3. The van der Waals surface area contributed by atoms with Gasteiger partial charge < -0.3 is 63.9 Å². The zero-order valence-electron chi connectivity index (χ0n) is 32.8. The number of benzene rings is 2. The normalized spacial score (nSPS) is 15.1. The van der Waals surface area contributed by atoms with Gasteiger partial charge in [0.1, 0.15) is 18.4 Å². The van der Waals surface area contributed by atoms with Crippen LogP contribution in [0.25, 0.3) is 0 Å². The molecule has 5 N–H and O–H groups in total. The molecule has 0 saturated carbocycles. The van der Waals surface area contributed by atoms with E-state index < -0.39 is 18.0 Å². The molecule has 0 aromatic heterocycles. The Morgan fingerprint density at radius 3 is 1.79 bits per heavy atom. The number of halogens is 1. The van der Waals surface area contributed by atoms with Gasteiger partial charge in [0.25, 0.3) is 5.91 Å². The fourth-order valence-corrected chi connectivity index (χ4v) is 5.98. The molecule has 4 rings (SSSR count). The van der Waals surface area contributed by atoms with Crippen molar-refractivity contribution in [2.24, 2.45) is 5.73 Å². The highest BCUT2D eigenvalue weighted by Crippen LogP contribution is 2.28. The summed E-state index contributed by atoms with van der Waals surface area (Å²) in [6, 6.07) is 9.00. The van der Waals surface area contributed by atoms with Crippen LogP contribution in [0.2, 0.25) is 5.02 Å². The van der Waals surface area contributed by atoms with E-state index in [4.69, 9.17) is 60.0 Å². The van der Waals surface area contributed by atoms with Gasteiger partial charge in [-0.25, -0.2) is 4.79 Å². The lowest BCUT2D eigenvalue weighted by Crippen LogP contribution is -2.52. The number of hydrogen-bond acceptors (Lipinski definition) is 14. The van der Waals surface area contributed by atoms with Crippen molar-refractivity contribution >= 4 is 41.0 Å². The summed E-state index contributed by atoms with van der Waals surface area (Å²) in [7, 11) is 0. The molecular formula is C39H56ClN5O13. The summed E-state index contributed by atoms with van der Waals surface area (Å²) in [4.78, 5) is 51.0. The Bertz CT molecular complexity index is 1570. The van der Waals surface area contributed by atoms with Crippen LogP contribution in [0.5, 0.6) is 5.75 Å². The van der Waals surface area contributed by atoms with Crippen LogP contribution in [0, 0.1) is 0 Å². The van der Waals surface area contributed by atoms with E-state index in [1.165, 1.54) is 4.90 Å². The molecule has 5 amide bonds. The Kier molecular flexibility index (Phi) is 22.3. The molecule has 0 radical (unpaired) electrons. The molecular weight excluding hydrogens is 782 g/mol. The third-order valence-corrected chi connectivity index (χ3v) is 8.75. The number of nitrogens with one attached hydrogen (secondary N) is 3. The number of amides is 5. The van der Waals surface area contributed by atoms with Crippen LogP contribution in [-0.4, -0.2) is 154 Å². The second-order valence-corrected chi connectivity index (χ2v) is 13.3. The highest BCUT2D eigenvalue weighted by Gasteiger charge is 2.39. The molecule has 2 aliphatic rings. The summed E-state index contributed by atoms with van der Waals surface area (Å²) in [5, 5.41) is 8.23. The van der Waals surface area contributed by atoms with Crippen molar-refractivity contribution in [1.29, 1.82) is 0 Å². The molecule has 322 valence electrons. The minimum absolute atomic E-state index is 0.186. The predicted molar refractivity (Wildman–Crippen MR) is 211 cm³/mol. The maximum Gasteiger partial charge on any atom is 0.319 e. The van der Waals surface area contributed by atoms with E-state index in [1.807, 2.05) is 6.07 Å². The number of ether oxygens (including phenoxy) is 9. The highest BCUT2D eigenvalue weighted by molar-refractivity contribution is 6.31. The van der Waals surface area contributed by atoms with E-state index in [-0.39, 0.29) is 44.4 Å². The summed E-state index contributed by atoms with van der Waals surface area (Å²) in [5.41, 5.74) is 7.81. The third-order valence-electron chi connectivity index (χ3n) is 8.53. The van der Waals surface area contributed by atoms with Gasteiger partial charge in [-0.15, -0.1) is 0 Å². The Balaban J connectivity index is 0.950. The monoisotopic (exact) mass is 837 g/mol. The number of urea groups is 1. The van der Waals surface area contributed by atoms with Gasteiger partial charge in [0, 0.05) is 48.4 Å². The van der Waals surface area contributed by atoms with Crippen LogP contribution < -0.4 is 26.4 Å². The number of imide groups is 1. The van der Waals surface area contributed by atoms with Crippen LogP contribution in [0.3, 0.4) is 0 Å². The molecule has 1 fully saturated rings. The molecule has 1 unspecified atom stereocenters. The summed E-state index contributed by atoms with van der Waals surface area (Å²) in [6.45, 7) is 8.67. The first kappa shape index (κ1) is 46.7. The quantitative estimate of drug-likeness (QED) is 0.0631. The van der Waals surface area contributed by atoms with Gasteiger partial charge in [0.15, 0.2) is 0 Å². The Morgan fingerprint density at radius 2 is 1.26 bits per heavy atom. The van der Waals surface area contributed by atoms with Crippen molar-refractivity contribution in [2.75, 3.05) is 124 Å². The molecule has 2 heterocycles. The molecule has 1 saturated heterocycles. The van der Waals surface area contributed by atoms with Crippen molar-refractivity contribution in [1.82, 2.24) is 15.5 Å². The maximum atomic E-state index is 12.9. The first-order chi connectivity index (χ1) is 28.3. The van der Waals surface area contributed by atoms with Crippen molar-refractivity contribution < 1.29 is 61.8 Å². The standard InChI is InChI=1S/C39H56ClN5O13/c40-31-24-32(43-39(49)42-27-29-1-2-34-30(23-29)28-45(38(34)48)35-3-4-36(46)44-37(35)47)26-33(25-31)58-22-21-57-20-19-56-18-17-55-16-15-54-14-13-53-12-11-52-10-9-51-8-7-50-6-5-41/h1-2,23-26,35H,3-22,27-28,41H2,(H2,42,43,49)(H,44,46,47). The van der Waals surface area contributed by atoms with Gasteiger partial charge in [-0.3, -0.25) is 19.7 Å². The molecule has 2 aliphatic heterocycles. The van der Waals surface area contributed by atoms with E-state index in [2.05, 4.69) is 16.0 Å². The van der Waals surface area contributed by atoms with E-state index in [0.29, 0.717) is 134 Å². The van der Waals surface area contributed by atoms with Gasteiger partial charge in [-0.2, -0.15) is 0 Å². The first-order valence-electron chi connectivity index (χ1n) is 19.4. The topological polar surface area (TPSA) is 217 Å². The molecule has 0 spiro atoms. The van der Waals surface area contributed by atoms with Crippen LogP contribution in [-0.2, 0) is 60.6 Å². The molecule has 2 aromatic carbocycles. The van der Waals surface area contributed by atoms with E-state index >= 15 is 0 Å². The second-order valence-electron chi connectivity index (χ2n) is 12.9. The van der Waals surface area contributed by atoms with Crippen LogP contribution in [0.4, 0.5) is 10.5 Å².